The minimum atomic E-state index is -1.03. The van der Waals surface area contributed by atoms with Crippen molar-refractivity contribution in [2.24, 2.45) is 5.92 Å². The van der Waals surface area contributed by atoms with E-state index in [0.29, 0.717) is 24.2 Å². The van der Waals surface area contributed by atoms with Crippen LogP contribution in [0.2, 0.25) is 5.82 Å². The first-order valence-electron chi connectivity index (χ1n) is 7.27. The second-order valence-electron chi connectivity index (χ2n) is 5.85. The third-order valence-electron chi connectivity index (χ3n) is 4.30. The summed E-state index contributed by atoms with van der Waals surface area (Å²) in [5.74, 6) is 0.378. The Labute approximate surface area is 123 Å². The van der Waals surface area contributed by atoms with Gasteiger partial charge in [-0.2, -0.15) is 0 Å². The predicted octanol–water partition coefficient (Wildman–Crippen LogP) is 0.853. The van der Waals surface area contributed by atoms with Gasteiger partial charge >= 0.3 is 7.12 Å². The second kappa shape index (κ2) is 5.62. The molecule has 110 valence electrons. The maximum absolute atomic E-state index is 12.1. The number of ketones is 2. The Hall–Kier alpha value is -1.66. The molecule has 0 spiro atoms. The number of rotatable bonds is 4. The molecule has 1 saturated heterocycles. The van der Waals surface area contributed by atoms with Crippen molar-refractivity contribution in [3.8, 4) is 5.75 Å². The summed E-state index contributed by atoms with van der Waals surface area (Å²) in [6.45, 7) is 2.94. The maximum atomic E-state index is 12.1. The molecule has 0 bridgehead atoms. The minimum absolute atomic E-state index is 0.0714. The second-order valence-corrected chi connectivity index (χ2v) is 5.85. The maximum Gasteiger partial charge on any atom is 0.526 e. The highest BCUT2D eigenvalue weighted by Gasteiger charge is 2.39. The van der Waals surface area contributed by atoms with E-state index in [1.54, 1.807) is 6.07 Å². The smallest absolute Gasteiger partial charge is 0.526 e. The normalized spacial score (nSPS) is 21.2. The van der Waals surface area contributed by atoms with Crippen LogP contribution in [-0.2, 0) is 11.2 Å². The van der Waals surface area contributed by atoms with Gasteiger partial charge in [-0.25, -0.2) is 0 Å². The van der Waals surface area contributed by atoms with Crippen LogP contribution >= 0.6 is 0 Å². The fourth-order valence-electron chi connectivity index (χ4n) is 2.88. The Bertz CT molecular complexity index is 585. The lowest BCUT2D eigenvalue weighted by molar-refractivity contribution is -0.124. The Morgan fingerprint density at radius 2 is 2.19 bits per heavy atom. The van der Waals surface area contributed by atoms with Crippen molar-refractivity contribution >= 4 is 18.7 Å². The van der Waals surface area contributed by atoms with E-state index in [1.807, 2.05) is 12.1 Å². The molecule has 21 heavy (non-hydrogen) atoms. The number of carbonyl (C=O) groups is 2. The van der Waals surface area contributed by atoms with Gasteiger partial charge < -0.3 is 15.0 Å². The molecule has 0 saturated carbocycles. The Balaban J connectivity index is 1.77. The molecule has 0 aliphatic carbocycles. The molecule has 2 N–H and O–H groups in total. The standard InChI is InChI=1S/C15H18BNO4/c1-9(18)13-4-2-3-10-5-12(16(20)21-15(10)13)6-14(19)11-7-17-8-11/h2-4,11-12,17,20H,5-8H2,1H3/t12-/m1/s1. The molecule has 6 heteroatoms. The van der Waals surface area contributed by atoms with Crippen molar-refractivity contribution < 1.29 is 19.3 Å². The van der Waals surface area contributed by atoms with E-state index in [1.165, 1.54) is 6.92 Å². The van der Waals surface area contributed by atoms with Crippen LogP contribution in [0.25, 0.3) is 0 Å². The first-order chi connectivity index (χ1) is 10.1. The fraction of sp³-hybridized carbons (Fsp3) is 0.467. The van der Waals surface area contributed by atoms with Gasteiger partial charge in [-0.05, 0) is 25.0 Å². The zero-order chi connectivity index (χ0) is 15.0. The highest BCUT2D eigenvalue weighted by molar-refractivity contribution is 6.47. The zero-order valence-corrected chi connectivity index (χ0v) is 12.0. The number of fused-ring (bicyclic) bond motifs is 1. The first kappa shape index (κ1) is 14.3. The van der Waals surface area contributed by atoms with Gasteiger partial charge in [-0.1, -0.05) is 12.1 Å². The van der Waals surface area contributed by atoms with Crippen LogP contribution in [0.4, 0.5) is 0 Å². The van der Waals surface area contributed by atoms with Gasteiger partial charge in [-0.15, -0.1) is 0 Å². The summed E-state index contributed by atoms with van der Waals surface area (Å²) in [5, 5.41) is 13.2. The molecule has 0 amide bonds. The van der Waals surface area contributed by atoms with Crippen LogP contribution in [0.15, 0.2) is 18.2 Å². The summed E-state index contributed by atoms with van der Waals surface area (Å²) in [7, 11) is -1.03. The van der Waals surface area contributed by atoms with E-state index < -0.39 is 7.12 Å². The molecule has 2 heterocycles. The van der Waals surface area contributed by atoms with Gasteiger partial charge in [0, 0.05) is 31.2 Å². The van der Waals surface area contributed by atoms with Crippen molar-refractivity contribution in [1.82, 2.24) is 5.32 Å². The SMILES string of the molecule is CC(=O)c1cccc2c1OB(O)[C@@H](CC(=O)C1CNC1)C2. The van der Waals surface area contributed by atoms with Gasteiger partial charge in [-0.3, -0.25) is 9.59 Å². The molecule has 0 unspecified atom stereocenters. The van der Waals surface area contributed by atoms with E-state index in [4.69, 9.17) is 4.65 Å². The third-order valence-corrected chi connectivity index (χ3v) is 4.30. The molecule has 0 aromatic heterocycles. The molecular formula is C15H18BNO4. The summed E-state index contributed by atoms with van der Waals surface area (Å²) in [6, 6.07) is 5.39. The van der Waals surface area contributed by atoms with Crippen molar-refractivity contribution in [1.29, 1.82) is 0 Å². The van der Waals surface area contributed by atoms with E-state index in [-0.39, 0.29) is 23.3 Å². The number of Topliss-reactive ketones (excluding diaryl/α,β-unsaturated/α-hetero) is 2. The molecule has 5 nitrogen and oxygen atoms in total. The third kappa shape index (κ3) is 2.73. The topological polar surface area (TPSA) is 75.6 Å². The number of nitrogens with one attached hydrogen (secondary N) is 1. The Kier molecular flexibility index (Phi) is 3.82. The van der Waals surface area contributed by atoms with Gasteiger partial charge in [0.2, 0.25) is 0 Å². The molecule has 2 aliphatic rings. The highest BCUT2D eigenvalue weighted by atomic mass is 16.5. The van der Waals surface area contributed by atoms with E-state index in [0.717, 1.165) is 18.7 Å². The van der Waals surface area contributed by atoms with E-state index in [2.05, 4.69) is 5.32 Å². The monoisotopic (exact) mass is 287 g/mol. The van der Waals surface area contributed by atoms with Crippen LogP contribution in [0.1, 0.15) is 29.3 Å². The summed E-state index contributed by atoms with van der Waals surface area (Å²) in [6.07, 6.45) is 0.876. The van der Waals surface area contributed by atoms with E-state index in [9.17, 15) is 14.6 Å². The number of para-hydroxylation sites is 1. The van der Waals surface area contributed by atoms with Crippen LogP contribution in [0.5, 0.6) is 5.75 Å². The molecule has 1 fully saturated rings. The van der Waals surface area contributed by atoms with Crippen LogP contribution in [0.3, 0.4) is 0 Å². The van der Waals surface area contributed by atoms with Gasteiger partial charge in [0.05, 0.1) is 5.56 Å². The average molecular weight is 287 g/mol. The fourth-order valence-corrected chi connectivity index (χ4v) is 2.88. The lowest BCUT2D eigenvalue weighted by atomic mass is 9.63. The predicted molar refractivity (Wildman–Crippen MR) is 78.5 cm³/mol. The number of benzene rings is 1. The first-order valence-corrected chi connectivity index (χ1v) is 7.27. The molecule has 2 aliphatic heterocycles. The zero-order valence-electron chi connectivity index (χ0n) is 12.0. The van der Waals surface area contributed by atoms with Crippen molar-refractivity contribution in [2.45, 2.75) is 25.6 Å². The number of carbonyl (C=O) groups excluding carboxylic acids is 2. The largest absolute Gasteiger partial charge is 0.535 e. The average Bonchev–Trinajstić information content (AvgIpc) is 2.36. The van der Waals surface area contributed by atoms with Crippen molar-refractivity contribution in [3.05, 3.63) is 29.3 Å². The van der Waals surface area contributed by atoms with Gasteiger partial charge in [0.1, 0.15) is 11.5 Å². The lowest BCUT2D eigenvalue weighted by Gasteiger charge is -2.31. The summed E-state index contributed by atoms with van der Waals surface area (Å²) in [4.78, 5) is 23.7. The molecular weight excluding hydrogens is 269 g/mol. The molecule has 0 radical (unpaired) electrons. The molecule has 1 aromatic carbocycles. The Morgan fingerprint density at radius 1 is 1.43 bits per heavy atom. The lowest BCUT2D eigenvalue weighted by Crippen LogP contribution is -2.47. The summed E-state index contributed by atoms with van der Waals surface area (Å²) >= 11 is 0. The summed E-state index contributed by atoms with van der Waals surface area (Å²) in [5.41, 5.74) is 1.37. The minimum Gasteiger partial charge on any atom is -0.535 e. The van der Waals surface area contributed by atoms with Crippen LogP contribution in [0, 0.1) is 5.92 Å². The van der Waals surface area contributed by atoms with Crippen molar-refractivity contribution in [3.63, 3.8) is 0 Å². The van der Waals surface area contributed by atoms with Gasteiger partial charge in [0.15, 0.2) is 5.78 Å². The number of hydrogen-bond donors (Lipinski definition) is 2. The quantitative estimate of drug-likeness (QED) is 0.634. The van der Waals surface area contributed by atoms with E-state index >= 15 is 0 Å². The summed E-state index contributed by atoms with van der Waals surface area (Å²) < 4.78 is 5.54. The molecule has 1 atom stereocenters. The Morgan fingerprint density at radius 3 is 2.81 bits per heavy atom. The highest BCUT2D eigenvalue weighted by Crippen LogP contribution is 2.36. The van der Waals surface area contributed by atoms with Gasteiger partial charge in [0.25, 0.3) is 0 Å². The molecule has 1 aromatic rings. The number of hydrogen-bond acceptors (Lipinski definition) is 5. The van der Waals surface area contributed by atoms with Crippen LogP contribution < -0.4 is 9.97 Å². The molecule has 3 rings (SSSR count). The van der Waals surface area contributed by atoms with Crippen LogP contribution in [-0.4, -0.2) is 36.8 Å². The van der Waals surface area contributed by atoms with Crippen molar-refractivity contribution in [2.75, 3.05) is 13.1 Å².